The van der Waals surface area contributed by atoms with Crippen molar-refractivity contribution < 1.29 is 4.79 Å². The second-order valence-electron chi connectivity index (χ2n) is 4.19. The number of hydrogen-bond acceptors (Lipinski definition) is 3. The molecule has 92 valence electrons. The molecular weight excluding hydrogens is 261 g/mol. The van der Waals surface area contributed by atoms with Crippen LogP contribution in [0.2, 0.25) is 0 Å². The number of nitrogens with one attached hydrogen (secondary N) is 2. The topological polar surface area (TPSA) is 54.0 Å². The molecule has 0 radical (unpaired) electrons. The van der Waals surface area contributed by atoms with Crippen LogP contribution in [0.5, 0.6) is 0 Å². The van der Waals surface area contributed by atoms with Crippen molar-refractivity contribution in [2.45, 2.75) is 18.3 Å². The number of hydrogen-bond donors (Lipinski definition) is 2. The standard InChI is InChI=1S/C11H13N3O.Cl2/c15-10-11(3-6-12-7-4-11)8-2-1-5-13-9(8)14-10;1-2/h1-2,5,12H,3-4,6-7H2,(H,13,14,15);. The highest BCUT2D eigenvalue weighted by molar-refractivity contribution is 6.85. The van der Waals surface area contributed by atoms with Crippen molar-refractivity contribution in [1.82, 2.24) is 10.3 Å². The first-order valence-electron chi connectivity index (χ1n) is 5.45. The number of halogens is 2. The van der Waals surface area contributed by atoms with Crippen molar-refractivity contribution in [3.63, 3.8) is 0 Å². The summed E-state index contributed by atoms with van der Waals surface area (Å²) in [7, 11) is 8.22. The summed E-state index contributed by atoms with van der Waals surface area (Å²) in [6, 6.07) is 3.93. The number of rotatable bonds is 0. The minimum atomic E-state index is -0.311. The van der Waals surface area contributed by atoms with Crippen LogP contribution in [0.15, 0.2) is 18.3 Å². The van der Waals surface area contributed by atoms with Gasteiger partial charge in [0, 0.05) is 33.5 Å². The number of nitrogens with zero attached hydrogens (tertiary/aromatic N) is 1. The molecule has 0 aromatic carbocycles. The minimum absolute atomic E-state index is 0.123. The van der Waals surface area contributed by atoms with E-state index in [1.54, 1.807) is 6.20 Å². The summed E-state index contributed by atoms with van der Waals surface area (Å²) in [5.41, 5.74) is 0.769. The Morgan fingerprint density at radius 3 is 2.71 bits per heavy atom. The fourth-order valence-electron chi connectivity index (χ4n) is 2.59. The maximum absolute atomic E-state index is 12.0. The summed E-state index contributed by atoms with van der Waals surface area (Å²) in [6.07, 6.45) is 3.47. The Morgan fingerprint density at radius 1 is 1.29 bits per heavy atom. The van der Waals surface area contributed by atoms with Gasteiger partial charge >= 0.3 is 0 Å². The highest BCUT2D eigenvalue weighted by Crippen LogP contribution is 2.42. The minimum Gasteiger partial charge on any atom is -0.317 e. The van der Waals surface area contributed by atoms with Crippen LogP contribution in [0.4, 0.5) is 5.82 Å². The number of carbonyl (C=O) groups excluding carboxylic acids is 1. The third kappa shape index (κ3) is 2.01. The first-order chi connectivity index (χ1) is 8.33. The zero-order valence-corrected chi connectivity index (χ0v) is 10.7. The van der Waals surface area contributed by atoms with Gasteiger partial charge in [-0.15, -0.1) is 0 Å². The average Bonchev–Trinajstić information content (AvgIpc) is 2.67. The van der Waals surface area contributed by atoms with E-state index in [9.17, 15) is 4.79 Å². The van der Waals surface area contributed by atoms with E-state index in [2.05, 4.69) is 37.3 Å². The van der Waals surface area contributed by atoms with E-state index in [-0.39, 0.29) is 11.3 Å². The maximum atomic E-state index is 12.0. The number of fused-ring (bicyclic) bond motifs is 2. The van der Waals surface area contributed by atoms with Crippen molar-refractivity contribution in [2.24, 2.45) is 0 Å². The van der Waals surface area contributed by atoms with Gasteiger partial charge in [-0.2, -0.15) is 0 Å². The maximum Gasteiger partial charge on any atom is 0.236 e. The Hall–Kier alpha value is -0.840. The van der Waals surface area contributed by atoms with E-state index in [1.807, 2.05) is 12.1 Å². The molecule has 1 fully saturated rings. The van der Waals surface area contributed by atoms with Crippen LogP contribution in [0, 0.1) is 0 Å². The lowest BCUT2D eigenvalue weighted by Gasteiger charge is -2.31. The summed E-state index contributed by atoms with van der Waals surface area (Å²) in [4.78, 5) is 16.2. The molecule has 3 rings (SSSR count). The Bertz CT molecular complexity index is 419. The SMILES string of the molecule is ClCl.O=C1Nc2ncccc2C12CCNCC2. The van der Waals surface area contributed by atoms with E-state index >= 15 is 0 Å². The highest BCUT2D eigenvalue weighted by atomic mass is 36.5. The predicted molar refractivity (Wildman–Crippen MR) is 68.4 cm³/mol. The molecule has 2 aliphatic heterocycles. The molecule has 1 saturated heterocycles. The second kappa shape index (κ2) is 5.21. The van der Waals surface area contributed by atoms with Gasteiger partial charge in [0.1, 0.15) is 5.82 Å². The molecule has 3 heterocycles. The smallest absolute Gasteiger partial charge is 0.236 e. The molecule has 17 heavy (non-hydrogen) atoms. The van der Waals surface area contributed by atoms with E-state index in [0.29, 0.717) is 0 Å². The van der Waals surface area contributed by atoms with Gasteiger partial charge < -0.3 is 10.6 Å². The zero-order valence-electron chi connectivity index (χ0n) is 9.17. The average molecular weight is 274 g/mol. The van der Waals surface area contributed by atoms with Gasteiger partial charge in [-0.3, -0.25) is 4.79 Å². The van der Waals surface area contributed by atoms with Crippen LogP contribution in [0.25, 0.3) is 0 Å². The van der Waals surface area contributed by atoms with Gasteiger partial charge in [-0.05, 0) is 32.0 Å². The van der Waals surface area contributed by atoms with E-state index in [1.165, 1.54) is 0 Å². The van der Waals surface area contributed by atoms with Crippen molar-refractivity contribution in [3.8, 4) is 0 Å². The number of piperidine rings is 1. The lowest BCUT2D eigenvalue weighted by Crippen LogP contribution is -2.44. The molecule has 1 aromatic heterocycles. The Kier molecular flexibility index (Phi) is 3.86. The van der Waals surface area contributed by atoms with Crippen molar-refractivity contribution in [3.05, 3.63) is 23.9 Å². The monoisotopic (exact) mass is 273 g/mol. The Morgan fingerprint density at radius 2 is 2.00 bits per heavy atom. The summed E-state index contributed by atoms with van der Waals surface area (Å²) >= 11 is 0. The fraction of sp³-hybridized carbons (Fsp3) is 0.455. The Balaban J connectivity index is 0.000000514. The molecule has 1 aromatic rings. The van der Waals surface area contributed by atoms with Crippen LogP contribution < -0.4 is 10.6 Å². The first kappa shape index (κ1) is 12.6. The summed E-state index contributed by atoms with van der Waals surface area (Å²) in [5, 5.41) is 6.17. The first-order valence-corrected chi connectivity index (χ1v) is 6.59. The predicted octanol–water partition coefficient (Wildman–Crippen LogP) is 2.03. The molecule has 0 bridgehead atoms. The van der Waals surface area contributed by atoms with Crippen LogP contribution in [-0.2, 0) is 10.2 Å². The molecule has 0 atom stereocenters. The number of pyridine rings is 1. The van der Waals surface area contributed by atoms with Gasteiger partial charge in [-0.1, -0.05) is 6.07 Å². The summed E-state index contributed by atoms with van der Waals surface area (Å²) in [5.74, 6) is 0.877. The van der Waals surface area contributed by atoms with Gasteiger partial charge in [0.25, 0.3) is 0 Å². The molecule has 4 nitrogen and oxygen atoms in total. The van der Waals surface area contributed by atoms with Crippen molar-refractivity contribution in [1.29, 1.82) is 0 Å². The lowest BCUT2D eigenvalue weighted by molar-refractivity contribution is -0.121. The van der Waals surface area contributed by atoms with Gasteiger partial charge in [-0.25, -0.2) is 4.98 Å². The molecule has 2 N–H and O–H groups in total. The lowest BCUT2D eigenvalue weighted by atomic mass is 9.75. The molecule has 0 saturated carbocycles. The van der Waals surface area contributed by atoms with Gasteiger partial charge in [0.15, 0.2) is 0 Å². The highest BCUT2D eigenvalue weighted by Gasteiger charge is 2.47. The number of amides is 1. The number of carbonyl (C=O) groups is 1. The van der Waals surface area contributed by atoms with Crippen LogP contribution in [0.1, 0.15) is 18.4 Å². The van der Waals surface area contributed by atoms with Crippen LogP contribution >= 0.6 is 21.7 Å². The number of anilines is 1. The molecule has 0 aliphatic carbocycles. The molecule has 1 amide bonds. The van der Waals surface area contributed by atoms with Crippen molar-refractivity contribution >= 4 is 33.4 Å². The fourth-order valence-corrected chi connectivity index (χ4v) is 2.59. The third-order valence-electron chi connectivity index (χ3n) is 3.45. The van der Waals surface area contributed by atoms with Crippen molar-refractivity contribution in [2.75, 3.05) is 18.4 Å². The molecule has 2 aliphatic rings. The molecule has 1 spiro atoms. The van der Waals surface area contributed by atoms with Gasteiger partial charge in [0.05, 0.1) is 5.41 Å². The number of aromatic nitrogens is 1. The van der Waals surface area contributed by atoms with Crippen LogP contribution in [0.3, 0.4) is 0 Å². The summed E-state index contributed by atoms with van der Waals surface area (Å²) in [6.45, 7) is 1.81. The van der Waals surface area contributed by atoms with E-state index in [0.717, 1.165) is 37.3 Å². The molecular formula is C11H13Cl2N3O. The molecule has 6 heteroatoms. The van der Waals surface area contributed by atoms with E-state index in [4.69, 9.17) is 0 Å². The normalized spacial score (nSPS) is 20.2. The Labute approximate surface area is 109 Å². The third-order valence-corrected chi connectivity index (χ3v) is 3.45. The quantitative estimate of drug-likeness (QED) is 0.761. The largest absolute Gasteiger partial charge is 0.317 e. The van der Waals surface area contributed by atoms with E-state index < -0.39 is 0 Å². The second-order valence-corrected chi connectivity index (χ2v) is 4.19. The summed E-state index contributed by atoms with van der Waals surface area (Å²) < 4.78 is 0. The molecule has 0 unspecified atom stereocenters. The van der Waals surface area contributed by atoms with Crippen LogP contribution in [-0.4, -0.2) is 24.0 Å². The zero-order chi connectivity index (χ0) is 12.3. The van der Waals surface area contributed by atoms with Gasteiger partial charge in [0.2, 0.25) is 5.91 Å².